The SMILES string of the molecule is C[C@H](NC(=O)CCN1CCCCCC1=O)C(O)(c1ccccc1)c1ccccc1. The van der Waals surface area contributed by atoms with Gasteiger partial charge in [0.2, 0.25) is 11.8 Å². The van der Waals surface area contributed by atoms with E-state index in [-0.39, 0.29) is 18.2 Å². The molecule has 2 aromatic carbocycles. The molecule has 3 rings (SSSR count). The van der Waals surface area contributed by atoms with Crippen LogP contribution in [0.1, 0.15) is 50.2 Å². The number of aliphatic hydroxyl groups is 1. The fourth-order valence-electron chi connectivity index (χ4n) is 3.98. The van der Waals surface area contributed by atoms with E-state index in [9.17, 15) is 14.7 Å². The molecule has 1 fully saturated rings. The molecule has 154 valence electrons. The highest BCUT2D eigenvalue weighted by Crippen LogP contribution is 2.33. The quantitative estimate of drug-likeness (QED) is 0.758. The zero-order valence-electron chi connectivity index (χ0n) is 17.0. The van der Waals surface area contributed by atoms with Crippen LogP contribution in [0.25, 0.3) is 0 Å². The van der Waals surface area contributed by atoms with E-state index in [1.165, 1.54) is 0 Å². The largest absolute Gasteiger partial charge is 0.378 e. The lowest BCUT2D eigenvalue weighted by molar-refractivity contribution is -0.131. The van der Waals surface area contributed by atoms with Gasteiger partial charge >= 0.3 is 0 Å². The highest BCUT2D eigenvalue weighted by atomic mass is 16.3. The second-order valence-corrected chi connectivity index (χ2v) is 7.73. The molecule has 0 bridgehead atoms. The first-order chi connectivity index (χ1) is 14.0. The summed E-state index contributed by atoms with van der Waals surface area (Å²) in [5.41, 5.74) is 0.0970. The van der Waals surface area contributed by atoms with Crippen LogP contribution < -0.4 is 5.32 Å². The zero-order chi connectivity index (χ0) is 20.7. The number of carbonyl (C=O) groups is 2. The van der Waals surface area contributed by atoms with Crippen LogP contribution >= 0.6 is 0 Å². The summed E-state index contributed by atoms with van der Waals surface area (Å²) in [5, 5.41) is 14.6. The van der Waals surface area contributed by atoms with Crippen molar-refractivity contribution in [3.63, 3.8) is 0 Å². The molecule has 1 atom stereocenters. The molecule has 1 aliphatic heterocycles. The number of rotatable bonds is 7. The summed E-state index contributed by atoms with van der Waals surface area (Å²) < 4.78 is 0. The fraction of sp³-hybridized carbons (Fsp3) is 0.417. The van der Waals surface area contributed by atoms with Gasteiger partial charge in [-0.3, -0.25) is 9.59 Å². The average molecular weight is 395 g/mol. The zero-order valence-corrected chi connectivity index (χ0v) is 17.0. The molecule has 0 spiro atoms. The Morgan fingerprint density at radius 1 is 1.03 bits per heavy atom. The summed E-state index contributed by atoms with van der Waals surface area (Å²) in [7, 11) is 0. The highest BCUT2D eigenvalue weighted by Gasteiger charge is 2.38. The van der Waals surface area contributed by atoms with E-state index >= 15 is 0 Å². The molecule has 1 saturated heterocycles. The van der Waals surface area contributed by atoms with E-state index in [4.69, 9.17) is 0 Å². The lowest BCUT2D eigenvalue weighted by atomic mass is 9.81. The molecule has 0 radical (unpaired) electrons. The van der Waals surface area contributed by atoms with Crippen LogP contribution in [0.15, 0.2) is 60.7 Å². The van der Waals surface area contributed by atoms with Crippen molar-refractivity contribution in [2.45, 2.75) is 50.7 Å². The van der Waals surface area contributed by atoms with Crippen molar-refractivity contribution >= 4 is 11.8 Å². The van der Waals surface area contributed by atoms with E-state index in [1.807, 2.05) is 67.6 Å². The first-order valence-electron chi connectivity index (χ1n) is 10.4. The Bertz CT molecular complexity index is 768. The summed E-state index contributed by atoms with van der Waals surface area (Å²) in [4.78, 5) is 26.6. The number of benzene rings is 2. The molecule has 5 nitrogen and oxygen atoms in total. The van der Waals surface area contributed by atoms with Gasteiger partial charge in [-0.15, -0.1) is 0 Å². The van der Waals surface area contributed by atoms with Gasteiger partial charge in [0.15, 0.2) is 0 Å². The number of nitrogens with one attached hydrogen (secondary N) is 1. The third-order valence-corrected chi connectivity index (χ3v) is 5.71. The molecule has 2 N–H and O–H groups in total. The molecular formula is C24H30N2O3. The third-order valence-electron chi connectivity index (χ3n) is 5.71. The van der Waals surface area contributed by atoms with Gasteiger partial charge in [0.25, 0.3) is 0 Å². The minimum Gasteiger partial charge on any atom is -0.378 e. The molecule has 0 aromatic heterocycles. The predicted octanol–water partition coefficient (Wildman–Crippen LogP) is 3.22. The van der Waals surface area contributed by atoms with Gasteiger partial charge in [0.1, 0.15) is 5.60 Å². The maximum Gasteiger partial charge on any atom is 0.222 e. The van der Waals surface area contributed by atoms with Gasteiger partial charge in [-0.2, -0.15) is 0 Å². The summed E-state index contributed by atoms with van der Waals surface area (Å²) >= 11 is 0. The van der Waals surface area contributed by atoms with Crippen molar-refractivity contribution in [2.75, 3.05) is 13.1 Å². The Balaban J connectivity index is 1.71. The van der Waals surface area contributed by atoms with E-state index in [1.54, 1.807) is 4.90 Å². The van der Waals surface area contributed by atoms with Crippen LogP contribution in [0.5, 0.6) is 0 Å². The van der Waals surface area contributed by atoms with E-state index in [2.05, 4.69) is 5.32 Å². The predicted molar refractivity (Wildman–Crippen MR) is 113 cm³/mol. The fourth-order valence-corrected chi connectivity index (χ4v) is 3.98. The topological polar surface area (TPSA) is 69.6 Å². The number of nitrogens with zero attached hydrogens (tertiary/aromatic N) is 1. The molecule has 5 heteroatoms. The second-order valence-electron chi connectivity index (χ2n) is 7.73. The molecule has 0 unspecified atom stereocenters. The van der Waals surface area contributed by atoms with Gasteiger partial charge in [-0.25, -0.2) is 0 Å². The van der Waals surface area contributed by atoms with Gasteiger partial charge < -0.3 is 15.3 Å². The lowest BCUT2D eigenvalue weighted by Crippen LogP contribution is -2.50. The molecule has 0 saturated carbocycles. The Kier molecular flexibility index (Phi) is 7.04. The van der Waals surface area contributed by atoms with Crippen molar-refractivity contribution in [1.29, 1.82) is 0 Å². The molecule has 29 heavy (non-hydrogen) atoms. The monoisotopic (exact) mass is 394 g/mol. The molecule has 2 aromatic rings. The molecule has 0 aliphatic carbocycles. The third kappa shape index (κ3) is 5.04. The molecular weight excluding hydrogens is 364 g/mol. The minimum absolute atomic E-state index is 0.133. The van der Waals surface area contributed by atoms with Crippen LogP contribution in [0.2, 0.25) is 0 Å². The number of carbonyl (C=O) groups excluding carboxylic acids is 2. The number of amides is 2. The van der Waals surface area contributed by atoms with E-state index in [0.29, 0.717) is 13.0 Å². The van der Waals surface area contributed by atoms with Gasteiger partial charge in [0, 0.05) is 25.9 Å². The minimum atomic E-state index is -1.35. The summed E-state index contributed by atoms with van der Waals surface area (Å²) in [6, 6.07) is 18.2. The molecule has 1 heterocycles. The normalized spacial score (nSPS) is 16.2. The van der Waals surface area contributed by atoms with Gasteiger partial charge in [-0.1, -0.05) is 67.1 Å². The van der Waals surface area contributed by atoms with Crippen molar-refractivity contribution in [3.8, 4) is 0 Å². The first kappa shape index (κ1) is 21.1. The number of hydrogen-bond acceptors (Lipinski definition) is 3. The van der Waals surface area contributed by atoms with E-state index < -0.39 is 11.6 Å². The van der Waals surface area contributed by atoms with Crippen molar-refractivity contribution in [1.82, 2.24) is 10.2 Å². The van der Waals surface area contributed by atoms with Crippen LogP contribution in [0, 0.1) is 0 Å². The summed E-state index contributed by atoms with van der Waals surface area (Å²) in [6.45, 7) is 2.96. The van der Waals surface area contributed by atoms with Crippen molar-refractivity contribution in [3.05, 3.63) is 71.8 Å². The standard InChI is InChI=1S/C24H30N2O3/c1-19(25-22(27)16-18-26-17-10-4-9-15-23(26)28)24(29,20-11-5-2-6-12-20)21-13-7-3-8-14-21/h2-3,5-8,11-14,19,29H,4,9-10,15-18H2,1H3,(H,25,27)/t19-/m0/s1. The molecule has 1 aliphatic rings. The van der Waals surface area contributed by atoms with Crippen molar-refractivity contribution < 1.29 is 14.7 Å². The lowest BCUT2D eigenvalue weighted by Gasteiger charge is -2.36. The van der Waals surface area contributed by atoms with Crippen LogP contribution in [0.4, 0.5) is 0 Å². The van der Waals surface area contributed by atoms with Crippen LogP contribution in [0.3, 0.4) is 0 Å². The summed E-state index contributed by atoms with van der Waals surface area (Å²) in [6.07, 6.45) is 3.79. The van der Waals surface area contributed by atoms with Gasteiger partial charge in [0.05, 0.1) is 6.04 Å². The van der Waals surface area contributed by atoms with Crippen molar-refractivity contribution in [2.24, 2.45) is 0 Å². The first-order valence-corrected chi connectivity index (χ1v) is 10.4. The maximum atomic E-state index is 12.6. The van der Waals surface area contributed by atoms with Crippen LogP contribution in [-0.4, -0.2) is 41.0 Å². The second kappa shape index (κ2) is 9.70. The number of hydrogen-bond donors (Lipinski definition) is 2. The summed E-state index contributed by atoms with van der Waals surface area (Å²) in [5.74, 6) is -0.0340. The maximum absolute atomic E-state index is 12.6. The number of likely N-dealkylation sites (tertiary alicyclic amines) is 1. The van der Waals surface area contributed by atoms with Crippen LogP contribution in [-0.2, 0) is 15.2 Å². The molecule has 2 amide bonds. The highest BCUT2D eigenvalue weighted by molar-refractivity contribution is 5.79. The Hall–Kier alpha value is -2.66. The van der Waals surface area contributed by atoms with Gasteiger partial charge in [-0.05, 0) is 30.9 Å². The smallest absolute Gasteiger partial charge is 0.222 e. The average Bonchev–Trinajstić information content (AvgIpc) is 2.96. The Morgan fingerprint density at radius 3 is 2.21 bits per heavy atom. The van der Waals surface area contributed by atoms with E-state index in [0.717, 1.165) is 36.9 Å². The Labute approximate surface area is 172 Å². The Morgan fingerprint density at radius 2 is 1.62 bits per heavy atom.